The van der Waals surface area contributed by atoms with Gasteiger partial charge in [0.2, 0.25) is 5.91 Å². The first-order valence-electron chi connectivity index (χ1n) is 7.20. The fraction of sp³-hybridized carbons (Fsp3) is 0.857. The molecule has 1 unspecified atom stereocenters. The van der Waals surface area contributed by atoms with Gasteiger partial charge in [0, 0.05) is 26.2 Å². The summed E-state index contributed by atoms with van der Waals surface area (Å²) < 4.78 is 5.21. The molecule has 0 bridgehead atoms. The van der Waals surface area contributed by atoms with Crippen molar-refractivity contribution >= 4 is 11.9 Å². The summed E-state index contributed by atoms with van der Waals surface area (Å²) in [6, 6.07) is 0. The highest BCUT2D eigenvalue weighted by molar-refractivity contribution is 5.86. The van der Waals surface area contributed by atoms with E-state index in [-0.39, 0.29) is 18.2 Å². The Morgan fingerprint density at radius 1 is 1.35 bits per heavy atom. The molecule has 1 amide bonds. The lowest BCUT2D eigenvalue weighted by Gasteiger charge is -2.32. The Bertz CT molecular complexity index is 338. The summed E-state index contributed by atoms with van der Waals surface area (Å²) in [7, 11) is 0. The maximum absolute atomic E-state index is 12.2. The molecule has 0 aliphatic carbocycles. The number of ether oxygens (including phenoxy) is 1. The van der Waals surface area contributed by atoms with E-state index in [0.717, 1.165) is 6.42 Å². The highest BCUT2D eigenvalue weighted by Gasteiger charge is 2.36. The minimum Gasteiger partial charge on any atom is -0.481 e. The van der Waals surface area contributed by atoms with Crippen molar-refractivity contribution in [1.29, 1.82) is 0 Å². The van der Waals surface area contributed by atoms with Gasteiger partial charge in [-0.15, -0.1) is 0 Å². The SMILES string of the molecule is CC(C)CC(CNC(=O)C1(N)CCOCC1)CC(=O)O. The van der Waals surface area contributed by atoms with Crippen molar-refractivity contribution in [3.05, 3.63) is 0 Å². The molecule has 116 valence electrons. The molecule has 1 aliphatic rings. The van der Waals surface area contributed by atoms with E-state index >= 15 is 0 Å². The number of carbonyl (C=O) groups excluding carboxylic acids is 1. The van der Waals surface area contributed by atoms with Crippen molar-refractivity contribution in [2.75, 3.05) is 19.8 Å². The van der Waals surface area contributed by atoms with E-state index in [1.165, 1.54) is 0 Å². The third-order valence-electron chi connectivity index (χ3n) is 3.66. The van der Waals surface area contributed by atoms with Crippen LogP contribution in [0, 0.1) is 11.8 Å². The van der Waals surface area contributed by atoms with E-state index in [1.54, 1.807) is 0 Å². The molecule has 1 rings (SSSR count). The first-order chi connectivity index (χ1) is 9.33. The van der Waals surface area contributed by atoms with Crippen LogP contribution in [0.1, 0.15) is 39.5 Å². The molecule has 1 saturated heterocycles. The maximum atomic E-state index is 12.2. The number of carboxylic acid groups (broad SMARTS) is 1. The van der Waals surface area contributed by atoms with Gasteiger partial charge in [0.1, 0.15) is 0 Å². The number of aliphatic carboxylic acids is 1. The number of nitrogens with two attached hydrogens (primary N) is 1. The van der Waals surface area contributed by atoms with Crippen molar-refractivity contribution in [1.82, 2.24) is 5.32 Å². The van der Waals surface area contributed by atoms with Crippen LogP contribution in [0.2, 0.25) is 0 Å². The van der Waals surface area contributed by atoms with Crippen LogP contribution in [0.4, 0.5) is 0 Å². The molecule has 1 heterocycles. The smallest absolute Gasteiger partial charge is 0.303 e. The lowest BCUT2D eigenvalue weighted by molar-refractivity contribution is -0.138. The minimum absolute atomic E-state index is 0.0557. The fourth-order valence-electron chi connectivity index (χ4n) is 2.53. The van der Waals surface area contributed by atoms with E-state index < -0.39 is 11.5 Å². The van der Waals surface area contributed by atoms with Crippen molar-refractivity contribution in [3.8, 4) is 0 Å². The predicted octanol–water partition coefficient (Wildman–Crippen LogP) is 0.748. The van der Waals surface area contributed by atoms with Gasteiger partial charge in [0.15, 0.2) is 0 Å². The highest BCUT2D eigenvalue weighted by atomic mass is 16.5. The van der Waals surface area contributed by atoms with Gasteiger partial charge in [0.05, 0.1) is 5.54 Å². The number of rotatable bonds is 7. The summed E-state index contributed by atoms with van der Waals surface area (Å²) in [5.74, 6) is -0.690. The Morgan fingerprint density at radius 2 is 1.95 bits per heavy atom. The van der Waals surface area contributed by atoms with E-state index in [9.17, 15) is 9.59 Å². The Hall–Kier alpha value is -1.14. The molecule has 1 aliphatic heterocycles. The predicted molar refractivity (Wildman–Crippen MR) is 75.2 cm³/mol. The summed E-state index contributed by atoms with van der Waals surface area (Å²) in [5.41, 5.74) is 5.21. The van der Waals surface area contributed by atoms with Crippen LogP contribution in [0.25, 0.3) is 0 Å². The van der Waals surface area contributed by atoms with Crippen molar-refractivity contribution in [2.45, 2.75) is 45.1 Å². The number of hydrogen-bond donors (Lipinski definition) is 3. The molecule has 6 heteroatoms. The molecular formula is C14H26N2O4. The summed E-state index contributed by atoms with van der Waals surface area (Å²) in [5, 5.41) is 11.7. The van der Waals surface area contributed by atoms with Crippen LogP contribution >= 0.6 is 0 Å². The summed E-state index contributed by atoms with van der Waals surface area (Å²) >= 11 is 0. The standard InChI is InChI=1S/C14H26N2O4/c1-10(2)7-11(8-12(17)18)9-16-13(19)14(15)3-5-20-6-4-14/h10-11H,3-9,15H2,1-2H3,(H,16,19)(H,17,18). The molecule has 0 radical (unpaired) electrons. The van der Waals surface area contributed by atoms with Gasteiger partial charge in [-0.3, -0.25) is 9.59 Å². The van der Waals surface area contributed by atoms with Gasteiger partial charge in [-0.1, -0.05) is 13.8 Å². The quantitative estimate of drug-likeness (QED) is 0.641. The average molecular weight is 286 g/mol. The highest BCUT2D eigenvalue weighted by Crippen LogP contribution is 2.19. The Morgan fingerprint density at radius 3 is 2.45 bits per heavy atom. The second-order valence-corrected chi connectivity index (χ2v) is 6.07. The molecule has 0 aromatic rings. The summed E-state index contributed by atoms with van der Waals surface area (Å²) in [6.07, 6.45) is 1.85. The number of amides is 1. The van der Waals surface area contributed by atoms with Crippen LogP contribution in [-0.4, -0.2) is 42.3 Å². The Balaban J connectivity index is 2.48. The second kappa shape index (κ2) is 7.59. The lowest BCUT2D eigenvalue weighted by Crippen LogP contribution is -2.57. The van der Waals surface area contributed by atoms with Crippen molar-refractivity contribution in [2.24, 2.45) is 17.6 Å². The average Bonchev–Trinajstić information content (AvgIpc) is 2.35. The fourth-order valence-corrected chi connectivity index (χ4v) is 2.53. The Kier molecular flexibility index (Phi) is 6.42. The lowest BCUT2D eigenvalue weighted by atomic mass is 9.89. The normalized spacial score (nSPS) is 19.6. The van der Waals surface area contributed by atoms with Gasteiger partial charge in [-0.2, -0.15) is 0 Å². The molecule has 0 spiro atoms. The minimum atomic E-state index is -0.871. The first-order valence-corrected chi connectivity index (χ1v) is 7.20. The first kappa shape index (κ1) is 16.9. The Labute approximate surface area is 120 Å². The van der Waals surface area contributed by atoms with E-state index in [1.807, 2.05) is 13.8 Å². The molecule has 4 N–H and O–H groups in total. The van der Waals surface area contributed by atoms with Crippen molar-refractivity contribution in [3.63, 3.8) is 0 Å². The molecule has 1 fully saturated rings. The third kappa shape index (κ3) is 5.46. The monoisotopic (exact) mass is 286 g/mol. The molecule has 6 nitrogen and oxygen atoms in total. The second-order valence-electron chi connectivity index (χ2n) is 6.07. The molecular weight excluding hydrogens is 260 g/mol. The largest absolute Gasteiger partial charge is 0.481 e. The zero-order chi connectivity index (χ0) is 15.2. The molecule has 1 atom stereocenters. The number of nitrogens with one attached hydrogen (secondary N) is 1. The summed E-state index contributed by atoms with van der Waals surface area (Å²) in [6.45, 7) is 5.44. The van der Waals surface area contributed by atoms with E-state index in [0.29, 0.717) is 38.5 Å². The van der Waals surface area contributed by atoms with Gasteiger partial charge in [-0.25, -0.2) is 0 Å². The van der Waals surface area contributed by atoms with Gasteiger partial charge < -0.3 is 20.9 Å². The number of carboxylic acids is 1. The maximum Gasteiger partial charge on any atom is 0.303 e. The zero-order valence-corrected chi connectivity index (χ0v) is 12.4. The topological polar surface area (TPSA) is 102 Å². The summed E-state index contributed by atoms with van der Waals surface area (Å²) in [4.78, 5) is 23.0. The molecule has 0 saturated carbocycles. The van der Waals surface area contributed by atoms with Gasteiger partial charge in [-0.05, 0) is 31.1 Å². The number of hydrogen-bond acceptors (Lipinski definition) is 4. The zero-order valence-electron chi connectivity index (χ0n) is 12.4. The van der Waals surface area contributed by atoms with Crippen LogP contribution in [-0.2, 0) is 14.3 Å². The molecule has 20 heavy (non-hydrogen) atoms. The van der Waals surface area contributed by atoms with E-state index in [4.69, 9.17) is 15.6 Å². The van der Waals surface area contributed by atoms with Gasteiger partial charge in [0.25, 0.3) is 0 Å². The van der Waals surface area contributed by atoms with Crippen LogP contribution in [0.5, 0.6) is 0 Å². The van der Waals surface area contributed by atoms with Crippen molar-refractivity contribution < 1.29 is 19.4 Å². The molecule has 0 aromatic heterocycles. The van der Waals surface area contributed by atoms with Crippen LogP contribution < -0.4 is 11.1 Å². The van der Waals surface area contributed by atoms with Crippen LogP contribution in [0.15, 0.2) is 0 Å². The molecule has 0 aromatic carbocycles. The van der Waals surface area contributed by atoms with E-state index in [2.05, 4.69) is 5.32 Å². The number of carbonyl (C=O) groups is 2. The van der Waals surface area contributed by atoms with Gasteiger partial charge >= 0.3 is 5.97 Å². The van der Waals surface area contributed by atoms with Crippen LogP contribution in [0.3, 0.4) is 0 Å². The third-order valence-corrected chi connectivity index (χ3v) is 3.66.